The largest absolute Gasteiger partial charge is 0.416 e. The minimum Gasteiger partial charge on any atom is -0.361 e. The van der Waals surface area contributed by atoms with E-state index in [4.69, 9.17) is 0 Å². The number of halogens is 3. The van der Waals surface area contributed by atoms with Gasteiger partial charge in [-0.05, 0) is 30.2 Å². The van der Waals surface area contributed by atoms with Crippen molar-refractivity contribution in [3.63, 3.8) is 0 Å². The summed E-state index contributed by atoms with van der Waals surface area (Å²) in [6.07, 6.45) is -2.06. The average Bonchev–Trinajstić information content (AvgIpc) is 2.71. The van der Waals surface area contributed by atoms with Gasteiger partial charge < -0.3 is 9.78 Å². The summed E-state index contributed by atoms with van der Waals surface area (Å²) in [4.78, 5) is 13.7. The summed E-state index contributed by atoms with van der Waals surface area (Å²) in [6.45, 7) is 3.27. The highest BCUT2D eigenvalue weighted by Gasteiger charge is 2.31. The molecular weight excluding hydrogens is 243 g/mol. The quantitative estimate of drug-likeness (QED) is 0.813. The third-order valence-electron chi connectivity index (χ3n) is 3.04. The molecule has 2 nitrogen and oxygen atoms in total. The van der Waals surface area contributed by atoms with Gasteiger partial charge in [-0.3, -0.25) is 0 Å². The number of rotatable bonds is 2. The molecule has 2 rings (SSSR count). The average molecular weight is 255 g/mol. The number of carbonyl (C=O) groups is 1. The van der Waals surface area contributed by atoms with Crippen LogP contribution in [0.25, 0.3) is 10.9 Å². The number of benzene rings is 1. The third-order valence-corrected chi connectivity index (χ3v) is 3.04. The second-order valence-corrected chi connectivity index (χ2v) is 4.38. The molecule has 0 spiro atoms. The monoisotopic (exact) mass is 255 g/mol. The fraction of sp³-hybridized carbons (Fsp3) is 0.308. The Morgan fingerprint density at radius 1 is 1.33 bits per heavy atom. The normalized spacial score (nSPS) is 13.8. The second-order valence-electron chi connectivity index (χ2n) is 4.38. The molecule has 5 heteroatoms. The number of aromatic nitrogens is 1. The number of fused-ring (bicyclic) bond motifs is 1. The molecule has 1 N–H and O–H groups in total. The molecule has 0 aliphatic carbocycles. The van der Waals surface area contributed by atoms with Crippen LogP contribution in [0.4, 0.5) is 13.2 Å². The lowest BCUT2D eigenvalue weighted by Gasteiger charge is -2.09. The molecule has 1 aromatic carbocycles. The molecule has 1 heterocycles. The minimum atomic E-state index is -4.38. The van der Waals surface area contributed by atoms with Crippen molar-refractivity contribution in [1.29, 1.82) is 0 Å². The molecule has 18 heavy (non-hydrogen) atoms. The van der Waals surface area contributed by atoms with Gasteiger partial charge >= 0.3 is 6.18 Å². The molecule has 0 amide bonds. The van der Waals surface area contributed by atoms with Crippen molar-refractivity contribution < 1.29 is 18.0 Å². The topological polar surface area (TPSA) is 32.9 Å². The Labute approximate surface area is 102 Å². The van der Waals surface area contributed by atoms with E-state index in [0.29, 0.717) is 22.0 Å². The number of aryl methyl sites for hydroxylation is 1. The zero-order valence-electron chi connectivity index (χ0n) is 9.93. The molecule has 0 saturated carbocycles. The van der Waals surface area contributed by atoms with E-state index in [2.05, 4.69) is 4.98 Å². The Morgan fingerprint density at radius 3 is 2.56 bits per heavy atom. The van der Waals surface area contributed by atoms with Crippen LogP contribution in [0.5, 0.6) is 0 Å². The van der Waals surface area contributed by atoms with Gasteiger partial charge in [0.1, 0.15) is 6.29 Å². The van der Waals surface area contributed by atoms with Gasteiger partial charge in [-0.25, -0.2) is 0 Å². The Hall–Kier alpha value is -1.78. The summed E-state index contributed by atoms with van der Waals surface area (Å²) >= 11 is 0. The lowest BCUT2D eigenvalue weighted by Crippen LogP contribution is -2.05. The van der Waals surface area contributed by atoms with E-state index < -0.39 is 17.7 Å². The summed E-state index contributed by atoms with van der Waals surface area (Å²) in [6, 6.07) is 2.20. The Balaban J connectivity index is 2.72. The van der Waals surface area contributed by atoms with Gasteiger partial charge in [-0.15, -0.1) is 0 Å². The first-order chi connectivity index (χ1) is 8.34. The maximum atomic E-state index is 12.7. The molecule has 2 aromatic rings. The predicted molar refractivity (Wildman–Crippen MR) is 62.5 cm³/mol. The third kappa shape index (κ3) is 2.00. The molecule has 0 fully saturated rings. The van der Waals surface area contributed by atoms with Crippen LogP contribution in [-0.2, 0) is 11.0 Å². The highest BCUT2D eigenvalue weighted by molar-refractivity contribution is 5.89. The van der Waals surface area contributed by atoms with Gasteiger partial charge in [0.25, 0.3) is 0 Å². The lowest BCUT2D eigenvalue weighted by atomic mass is 9.98. The zero-order valence-corrected chi connectivity index (χ0v) is 9.93. The number of H-pyrrole nitrogens is 1. The summed E-state index contributed by atoms with van der Waals surface area (Å²) < 4.78 is 38.2. The highest BCUT2D eigenvalue weighted by atomic mass is 19.4. The number of hydrogen-bond donors (Lipinski definition) is 1. The van der Waals surface area contributed by atoms with Crippen molar-refractivity contribution >= 4 is 17.2 Å². The molecule has 0 radical (unpaired) electrons. The highest BCUT2D eigenvalue weighted by Crippen LogP contribution is 2.35. The summed E-state index contributed by atoms with van der Waals surface area (Å²) in [7, 11) is 0. The summed E-state index contributed by atoms with van der Waals surface area (Å²) in [5, 5.41) is 0.460. The van der Waals surface area contributed by atoms with Crippen LogP contribution in [-0.4, -0.2) is 11.3 Å². The molecule has 1 aromatic heterocycles. The van der Waals surface area contributed by atoms with Gasteiger partial charge in [-0.1, -0.05) is 6.92 Å². The van der Waals surface area contributed by atoms with Crippen molar-refractivity contribution in [1.82, 2.24) is 4.98 Å². The fourth-order valence-corrected chi connectivity index (χ4v) is 2.05. The van der Waals surface area contributed by atoms with Gasteiger partial charge in [-0.2, -0.15) is 13.2 Å². The van der Waals surface area contributed by atoms with Crippen molar-refractivity contribution in [3.05, 3.63) is 35.0 Å². The molecule has 0 aliphatic heterocycles. The van der Waals surface area contributed by atoms with Crippen LogP contribution < -0.4 is 0 Å². The number of aldehydes is 1. The number of hydrogen-bond acceptors (Lipinski definition) is 1. The molecule has 1 atom stereocenters. The van der Waals surface area contributed by atoms with Gasteiger partial charge in [0.15, 0.2) is 0 Å². The maximum Gasteiger partial charge on any atom is 0.416 e. The molecule has 0 saturated heterocycles. The van der Waals surface area contributed by atoms with E-state index in [1.165, 1.54) is 0 Å². The number of carbonyl (C=O) groups excluding carboxylic acids is 1. The van der Waals surface area contributed by atoms with Crippen molar-refractivity contribution in [2.45, 2.75) is 25.9 Å². The van der Waals surface area contributed by atoms with Crippen LogP contribution >= 0.6 is 0 Å². The van der Waals surface area contributed by atoms with E-state index in [-0.39, 0.29) is 0 Å². The summed E-state index contributed by atoms with van der Waals surface area (Å²) in [5.74, 6) is -0.429. The van der Waals surface area contributed by atoms with Crippen LogP contribution in [0.3, 0.4) is 0 Å². The van der Waals surface area contributed by atoms with Gasteiger partial charge in [0.2, 0.25) is 0 Å². The first kappa shape index (κ1) is 12.7. The second kappa shape index (κ2) is 4.15. The van der Waals surface area contributed by atoms with E-state index >= 15 is 0 Å². The fourth-order valence-electron chi connectivity index (χ4n) is 2.05. The van der Waals surface area contributed by atoms with E-state index in [1.54, 1.807) is 20.0 Å². The smallest absolute Gasteiger partial charge is 0.361 e. The maximum absolute atomic E-state index is 12.7. The number of alkyl halides is 3. The summed E-state index contributed by atoms with van der Waals surface area (Å²) in [5.41, 5.74) is 1.07. The minimum absolute atomic E-state index is 0.429. The van der Waals surface area contributed by atoms with Crippen LogP contribution in [0.1, 0.15) is 29.5 Å². The standard InChI is InChI=1S/C13H12F3NO/c1-7-3-9(13(14,15)16)4-10-11(8(2)6-18)5-17-12(7)10/h3-6,8,17H,1-2H3. The SMILES string of the molecule is Cc1cc(C(F)(F)F)cc2c(C(C)C=O)c[nH]c12. The van der Waals surface area contributed by atoms with E-state index in [1.807, 2.05) is 0 Å². The van der Waals surface area contributed by atoms with Crippen LogP contribution in [0.2, 0.25) is 0 Å². The lowest BCUT2D eigenvalue weighted by molar-refractivity contribution is -0.137. The first-order valence-electron chi connectivity index (χ1n) is 5.48. The molecule has 96 valence electrons. The molecule has 0 bridgehead atoms. The predicted octanol–water partition coefficient (Wildman–Crippen LogP) is 3.80. The Kier molecular flexibility index (Phi) is 2.92. The first-order valence-corrected chi connectivity index (χ1v) is 5.48. The zero-order chi connectivity index (χ0) is 13.5. The van der Waals surface area contributed by atoms with Gasteiger partial charge in [0.05, 0.1) is 5.56 Å². The van der Waals surface area contributed by atoms with E-state index in [9.17, 15) is 18.0 Å². The van der Waals surface area contributed by atoms with Gasteiger partial charge in [0, 0.05) is 23.0 Å². The Bertz CT molecular complexity index is 598. The molecule has 1 unspecified atom stereocenters. The van der Waals surface area contributed by atoms with Crippen LogP contribution in [0, 0.1) is 6.92 Å². The molecular formula is C13H12F3NO. The van der Waals surface area contributed by atoms with Crippen molar-refractivity contribution in [2.75, 3.05) is 0 Å². The van der Waals surface area contributed by atoms with Crippen LogP contribution in [0.15, 0.2) is 18.3 Å². The molecule has 0 aliphatic rings. The van der Waals surface area contributed by atoms with Crippen molar-refractivity contribution in [2.24, 2.45) is 0 Å². The van der Waals surface area contributed by atoms with E-state index in [0.717, 1.165) is 18.4 Å². The van der Waals surface area contributed by atoms with Crippen molar-refractivity contribution in [3.8, 4) is 0 Å². The Morgan fingerprint density at radius 2 is 2.00 bits per heavy atom. The number of nitrogens with one attached hydrogen (secondary N) is 1. The number of aromatic amines is 1.